The van der Waals surface area contributed by atoms with Gasteiger partial charge in [0.1, 0.15) is 0 Å². The van der Waals surface area contributed by atoms with Crippen molar-refractivity contribution in [3.05, 3.63) is 57.8 Å². The van der Waals surface area contributed by atoms with Crippen LogP contribution < -0.4 is 5.32 Å². The lowest BCUT2D eigenvalue weighted by molar-refractivity contribution is 0.0217. The minimum atomic E-state index is -0.0547. The lowest BCUT2D eigenvalue weighted by Gasteiger charge is -2.47. The molecule has 1 aromatic carbocycles. The van der Waals surface area contributed by atoms with Gasteiger partial charge in [-0.25, -0.2) is 0 Å². The van der Waals surface area contributed by atoms with E-state index in [1.807, 2.05) is 41.8 Å². The van der Waals surface area contributed by atoms with Gasteiger partial charge in [-0.15, -0.1) is 11.3 Å². The second-order valence-corrected chi connectivity index (χ2v) is 9.08. The summed E-state index contributed by atoms with van der Waals surface area (Å²) in [6.07, 6.45) is 6.06. The molecule has 0 spiro atoms. The van der Waals surface area contributed by atoms with Crippen LogP contribution in [0.4, 0.5) is 0 Å². The Kier molecular flexibility index (Phi) is 5.81. The van der Waals surface area contributed by atoms with Gasteiger partial charge in [0.15, 0.2) is 0 Å². The second kappa shape index (κ2) is 8.48. The van der Waals surface area contributed by atoms with Crippen molar-refractivity contribution in [2.75, 3.05) is 6.54 Å². The van der Waals surface area contributed by atoms with Crippen molar-refractivity contribution >= 4 is 23.2 Å². The molecule has 4 nitrogen and oxygen atoms in total. The zero-order valence-electron chi connectivity index (χ0n) is 16.4. The van der Waals surface area contributed by atoms with E-state index < -0.39 is 0 Å². The smallest absolute Gasteiger partial charge is 0.261 e. The standard InChI is InChI=1S/C23H28N2O2S/c1-16-12-13-25(20-6-3-2-5-19(16)20)23(27)18-10-8-17(9-11-18)15-24-22(26)21-7-4-14-28-21/h4,7-11,14,16,19-20H,2-3,5-6,12-13,15H2,1H3,(H,24,26)/t16-,19+,20-/m1/s1. The van der Waals surface area contributed by atoms with Crippen molar-refractivity contribution in [1.82, 2.24) is 10.2 Å². The number of nitrogens with zero attached hydrogens (tertiary/aromatic N) is 1. The van der Waals surface area contributed by atoms with Crippen molar-refractivity contribution in [2.45, 2.75) is 51.6 Å². The van der Waals surface area contributed by atoms with Gasteiger partial charge < -0.3 is 10.2 Å². The largest absolute Gasteiger partial charge is 0.347 e. The molecule has 2 amide bonds. The molecule has 0 unspecified atom stereocenters. The number of benzene rings is 1. The van der Waals surface area contributed by atoms with Gasteiger partial charge in [-0.1, -0.05) is 38.0 Å². The molecule has 1 N–H and O–H groups in total. The van der Waals surface area contributed by atoms with E-state index in [1.54, 1.807) is 0 Å². The molecule has 2 heterocycles. The zero-order valence-corrected chi connectivity index (χ0v) is 17.2. The van der Waals surface area contributed by atoms with Crippen molar-refractivity contribution in [3.8, 4) is 0 Å². The molecule has 1 aliphatic carbocycles. The number of likely N-dealkylation sites (tertiary alicyclic amines) is 1. The van der Waals surface area contributed by atoms with Crippen LogP contribution in [-0.4, -0.2) is 29.3 Å². The summed E-state index contributed by atoms with van der Waals surface area (Å²) in [6.45, 7) is 3.70. The molecular weight excluding hydrogens is 368 g/mol. The summed E-state index contributed by atoms with van der Waals surface area (Å²) in [6, 6.07) is 11.8. The van der Waals surface area contributed by atoms with Crippen LogP contribution >= 0.6 is 11.3 Å². The van der Waals surface area contributed by atoms with Crippen molar-refractivity contribution in [3.63, 3.8) is 0 Å². The summed E-state index contributed by atoms with van der Waals surface area (Å²) in [5.41, 5.74) is 1.76. The SMILES string of the molecule is C[C@@H]1CCN(C(=O)c2ccc(CNC(=O)c3cccs3)cc2)[C@@H]2CCCC[C@@H]12. The highest BCUT2D eigenvalue weighted by Gasteiger charge is 2.39. The minimum Gasteiger partial charge on any atom is -0.347 e. The van der Waals surface area contributed by atoms with Crippen molar-refractivity contribution < 1.29 is 9.59 Å². The average Bonchev–Trinajstić information content (AvgIpc) is 3.27. The van der Waals surface area contributed by atoms with Crippen molar-refractivity contribution in [1.29, 1.82) is 0 Å². The molecule has 3 atom stereocenters. The number of carbonyl (C=O) groups excluding carboxylic acids is 2. The van der Waals surface area contributed by atoms with Gasteiger partial charge in [0, 0.05) is 24.7 Å². The summed E-state index contributed by atoms with van der Waals surface area (Å²) in [4.78, 5) is 28.1. The topological polar surface area (TPSA) is 49.4 Å². The van der Waals surface area contributed by atoms with Crippen LogP contribution in [0.25, 0.3) is 0 Å². The molecule has 1 aliphatic heterocycles. The number of piperidine rings is 1. The normalized spacial score (nSPS) is 24.5. The number of thiophene rings is 1. The first-order valence-corrected chi connectivity index (χ1v) is 11.2. The van der Waals surface area contributed by atoms with E-state index in [0.29, 0.717) is 23.4 Å². The Morgan fingerprint density at radius 1 is 1.11 bits per heavy atom. The molecule has 0 bridgehead atoms. The summed E-state index contributed by atoms with van der Waals surface area (Å²) < 4.78 is 0. The maximum absolute atomic E-state index is 13.2. The molecule has 2 aromatic rings. The van der Waals surface area contributed by atoms with E-state index in [0.717, 1.165) is 36.4 Å². The van der Waals surface area contributed by atoms with Crippen LogP contribution in [-0.2, 0) is 6.54 Å². The van der Waals surface area contributed by atoms with E-state index >= 15 is 0 Å². The molecule has 2 aliphatic rings. The maximum atomic E-state index is 13.2. The monoisotopic (exact) mass is 396 g/mol. The predicted molar refractivity (Wildman–Crippen MR) is 112 cm³/mol. The van der Waals surface area contributed by atoms with Crippen LogP contribution in [0, 0.1) is 11.8 Å². The van der Waals surface area contributed by atoms with Gasteiger partial charge in [0.05, 0.1) is 4.88 Å². The highest BCUT2D eigenvalue weighted by molar-refractivity contribution is 7.12. The molecule has 28 heavy (non-hydrogen) atoms. The fourth-order valence-corrected chi connectivity index (χ4v) is 5.41. The van der Waals surface area contributed by atoms with Crippen LogP contribution in [0.1, 0.15) is 64.6 Å². The van der Waals surface area contributed by atoms with Gasteiger partial charge in [-0.2, -0.15) is 0 Å². The number of carbonyl (C=O) groups is 2. The van der Waals surface area contributed by atoms with Gasteiger partial charge in [-0.05, 0) is 60.2 Å². The summed E-state index contributed by atoms with van der Waals surface area (Å²) in [5, 5.41) is 4.83. The summed E-state index contributed by atoms with van der Waals surface area (Å²) in [5.74, 6) is 1.50. The first kappa shape index (κ1) is 19.2. The summed E-state index contributed by atoms with van der Waals surface area (Å²) in [7, 11) is 0. The molecule has 1 aromatic heterocycles. The Balaban J connectivity index is 1.39. The molecular formula is C23H28N2O2S. The Hall–Kier alpha value is -2.14. The summed E-state index contributed by atoms with van der Waals surface area (Å²) >= 11 is 1.44. The molecule has 2 fully saturated rings. The second-order valence-electron chi connectivity index (χ2n) is 8.14. The highest BCUT2D eigenvalue weighted by Crippen LogP contribution is 2.39. The molecule has 0 radical (unpaired) electrons. The van der Waals surface area contributed by atoms with E-state index in [2.05, 4.69) is 17.1 Å². The third kappa shape index (κ3) is 4.00. The molecule has 1 saturated heterocycles. The number of nitrogens with one attached hydrogen (secondary N) is 1. The third-order valence-electron chi connectivity index (χ3n) is 6.40. The van der Waals surface area contributed by atoms with Gasteiger partial charge >= 0.3 is 0 Å². The molecule has 1 saturated carbocycles. The van der Waals surface area contributed by atoms with Gasteiger partial charge in [0.2, 0.25) is 0 Å². The molecule has 5 heteroatoms. The number of amides is 2. The van der Waals surface area contributed by atoms with Crippen LogP contribution in [0.2, 0.25) is 0 Å². The van der Waals surface area contributed by atoms with Crippen molar-refractivity contribution in [2.24, 2.45) is 11.8 Å². The van der Waals surface area contributed by atoms with E-state index in [9.17, 15) is 9.59 Å². The average molecular weight is 397 g/mol. The van der Waals surface area contributed by atoms with Crippen LogP contribution in [0.3, 0.4) is 0 Å². The first-order chi connectivity index (χ1) is 13.6. The van der Waals surface area contributed by atoms with Gasteiger partial charge in [0.25, 0.3) is 11.8 Å². The van der Waals surface area contributed by atoms with Gasteiger partial charge in [-0.3, -0.25) is 9.59 Å². The lowest BCUT2D eigenvalue weighted by atomic mass is 9.72. The Morgan fingerprint density at radius 3 is 2.64 bits per heavy atom. The Morgan fingerprint density at radius 2 is 1.89 bits per heavy atom. The van der Waals surface area contributed by atoms with E-state index in [4.69, 9.17) is 0 Å². The predicted octanol–water partition coefficient (Wildman–Crippen LogP) is 4.72. The fourth-order valence-electron chi connectivity index (χ4n) is 4.77. The number of rotatable bonds is 4. The molecule has 4 rings (SSSR count). The molecule has 148 valence electrons. The third-order valence-corrected chi connectivity index (χ3v) is 7.27. The minimum absolute atomic E-state index is 0.0547. The quantitative estimate of drug-likeness (QED) is 0.813. The lowest BCUT2D eigenvalue weighted by Crippen LogP contribution is -2.52. The highest BCUT2D eigenvalue weighted by atomic mass is 32.1. The Bertz CT molecular complexity index is 816. The van der Waals surface area contributed by atoms with E-state index in [-0.39, 0.29) is 11.8 Å². The fraction of sp³-hybridized carbons (Fsp3) is 0.478. The number of hydrogen-bond donors (Lipinski definition) is 1. The van der Waals surface area contributed by atoms with E-state index in [1.165, 1.54) is 30.6 Å². The number of hydrogen-bond acceptors (Lipinski definition) is 3. The zero-order chi connectivity index (χ0) is 19.5. The first-order valence-electron chi connectivity index (χ1n) is 10.3. The Labute approximate surface area is 170 Å². The van der Waals surface area contributed by atoms with Crippen LogP contribution in [0.15, 0.2) is 41.8 Å². The number of fused-ring (bicyclic) bond motifs is 1. The maximum Gasteiger partial charge on any atom is 0.261 e. The van der Waals surface area contributed by atoms with Crippen LogP contribution in [0.5, 0.6) is 0 Å².